The third-order valence-corrected chi connectivity index (χ3v) is 3.34. The van der Waals surface area contributed by atoms with Crippen LogP contribution in [0.3, 0.4) is 0 Å². The number of rotatable bonds is 4. The van der Waals surface area contributed by atoms with Crippen molar-refractivity contribution in [2.24, 2.45) is 0 Å². The van der Waals surface area contributed by atoms with Crippen LogP contribution in [-0.4, -0.2) is 10.8 Å². The van der Waals surface area contributed by atoms with E-state index in [-0.39, 0.29) is 18.1 Å². The van der Waals surface area contributed by atoms with Gasteiger partial charge in [0.1, 0.15) is 5.82 Å². The molecule has 0 fully saturated rings. The van der Waals surface area contributed by atoms with Crippen LogP contribution in [0.25, 0.3) is 11.3 Å². The zero-order valence-corrected chi connectivity index (χ0v) is 11.8. The number of carbonyl (C=O) groups excluding carboxylic acids is 1. The van der Waals surface area contributed by atoms with Gasteiger partial charge in [-0.25, -0.2) is 8.96 Å². The summed E-state index contributed by atoms with van der Waals surface area (Å²) in [7, 11) is 0. The van der Waals surface area contributed by atoms with Gasteiger partial charge in [-0.2, -0.15) is 0 Å². The third-order valence-electron chi connectivity index (χ3n) is 3.34. The molecule has 0 atom stereocenters. The van der Waals surface area contributed by atoms with Crippen LogP contribution >= 0.6 is 0 Å². The summed E-state index contributed by atoms with van der Waals surface area (Å²) < 4.78 is 15.4. The highest BCUT2D eigenvalue weighted by atomic mass is 19.1. The maximum Gasteiger partial charge on any atom is 0.287 e. The molecule has 0 unspecified atom stereocenters. The predicted octanol–water partition coefficient (Wildman–Crippen LogP) is 3.06. The quantitative estimate of drug-likeness (QED) is 0.547. The number of ketones is 1. The lowest BCUT2D eigenvalue weighted by atomic mass is 10.1. The molecular weight excluding hydrogens is 279 g/mol. The minimum Gasteiger partial charge on any atom is -0.290 e. The van der Waals surface area contributed by atoms with Gasteiger partial charge in [0.2, 0.25) is 5.78 Å². The van der Waals surface area contributed by atoms with Crippen molar-refractivity contribution in [2.75, 3.05) is 0 Å². The Hall–Kier alpha value is -2.88. The van der Waals surface area contributed by atoms with E-state index in [1.54, 1.807) is 53.5 Å². The van der Waals surface area contributed by atoms with Gasteiger partial charge in [0.05, 0.1) is 11.8 Å². The van der Waals surface area contributed by atoms with Gasteiger partial charge in [-0.05, 0) is 17.1 Å². The lowest BCUT2D eigenvalue weighted by molar-refractivity contribution is -0.686. The summed E-state index contributed by atoms with van der Waals surface area (Å²) in [6.45, 7) is 0.203. The molecule has 0 aliphatic heterocycles. The van der Waals surface area contributed by atoms with Crippen molar-refractivity contribution in [3.05, 3.63) is 84.6 Å². The van der Waals surface area contributed by atoms with E-state index < -0.39 is 0 Å². The minimum atomic E-state index is -0.312. The molecule has 0 amide bonds. The van der Waals surface area contributed by atoms with Gasteiger partial charge >= 0.3 is 0 Å². The van der Waals surface area contributed by atoms with E-state index in [0.29, 0.717) is 16.8 Å². The van der Waals surface area contributed by atoms with Crippen LogP contribution in [0.1, 0.15) is 10.4 Å². The normalized spacial score (nSPS) is 10.4. The Bertz CT molecular complexity index is 786. The Morgan fingerprint density at radius 1 is 1.00 bits per heavy atom. The second-order valence-electron chi connectivity index (χ2n) is 4.89. The van der Waals surface area contributed by atoms with Gasteiger partial charge in [0, 0.05) is 11.6 Å². The molecule has 3 rings (SSSR count). The maximum absolute atomic E-state index is 13.7. The average molecular weight is 293 g/mol. The fourth-order valence-electron chi connectivity index (χ4n) is 2.19. The van der Waals surface area contributed by atoms with Crippen LogP contribution in [0.5, 0.6) is 0 Å². The van der Waals surface area contributed by atoms with Crippen molar-refractivity contribution < 1.29 is 13.8 Å². The highest BCUT2D eigenvalue weighted by molar-refractivity contribution is 5.94. The Morgan fingerprint density at radius 2 is 1.73 bits per heavy atom. The average Bonchev–Trinajstić information content (AvgIpc) is 2.57. The molecule has 0 bridgehead atoms. The molecule has 2 aromatic carbocycles. The summed E-state index contributed by atoms with van der Waals surface area (Å²) in [6, 6.07) is 17.3. The molecule has 108 valence electrons. The summed E-state index contributed by atoms with van der Waals surface area (Å²) >= 11 is 0. The Morgan fingerprint density at radius 3 is 2.41 bits per heavy atom. The zero-order valence-electron chi connectivity index (χ0n) is 11.8. The second kappa shape index (κ2) is 6.26. The van der Waals surface area contributed by atoms with Crippen LogP contribution in [0.15, 0.2) is 73.2 Å². The highest BCUT2D eigenvalue weighted by Crippen LogP contribution is 2.18. The third kappa shape index (κ3) is 3.06. The van der Waals surface area contributed by atoms with Gasteiger partial charge in [-0.1, -0.05) is 42.5 Å². The van der Waals surface area contributed by atoms with Crippen LogP contribution in [-0.2, 0) is 6.54 Å². The van der Waals surface area contributed by atoms with Crippen LogP contribution in [0.2, 0.25) is 0 Å². The Kier molecular flexibility index (Phi) is 4.01. The first-order chi connectivity index (χ1) is 10.7. The maximum atomic E-state index is 13.7. The van der Waals surface area contributed by atoms with Gasteiger partial charge in [-0.15, -0.1) is 0 Å². The number of hydrogen-bond donors (Lipinski definition) is 0. The lowest BCUT2D eigenvalue weighted by Gasteiger charge is -2.01. The summed E-state index contributed by atoms with van der Waals surface area (Å²) in [5.41, 5.74) is 1.65. The number of hydrogen-bond acceptors (Lipinski definition) is 2. The topological polar surface area (TPSA) is 33.8 Å². The number of carbonyl (C=O) groups is 1. The molecule has 1 aromatic heterocycles. The first kappa shape index (κ1) is 14.1. The SMILES string of the molecule is O=C(C[n+]1ccc(-c2ccccc2F)nc1)c1ccccc1. The van der Waals surface area contributed by atoms with E-state index in [2.05, 4.69) is 4.98 Å². The first-order valence-corrected chi connectivity index (χ1v) is 6.92. The number of aromatic nitrogens is 2. The molecule has 1 heterocycles. The van der Waals surface area contributed by atoms with Crippen molar-refractivity contribution in [1.29, 1.82) is 0 Å². The van der Waals surface area contributed by atoms with Crippen molar-refractivity contribution in [2.45, 2.75) is 6.54 Å². The summed E-state index contributed by atoms with van der Waals surface area (Å²) in [5.74, 6) is -0.306. The Balaban J connectivity index is 1.78. The van der Waals surface area contributed by atoms with Crippen LogP contribution in [0.4, 0.5) is 4.39 Å². The second-order valence-corrected chi connectivity index (χ2v) is 4.89. The molecule has 0 saturated heterocycles. The number of nitrogens with zero attached hydrogens (tertiary/aromatic N) is 2. The number of Topliss-reactive ketones (excluding diaryl/α,β-unsaturated/α-hetero) is 1. The van der Waals surface area contributed by atoms with E-state index in [4.69, 9.17) is 0 Å². The summed E-state index contributed by atoms with van der Waals surface area (Å²) in [5, 5.41) is 0. The van der Waals surface area contributed by atoms with Crippen LogP contribution in [0, 0.1) is 5.82 Å². The van der Waals surface area contributed by atoms with Crippen LogP contribution < -0.4 is 4.57 Å². The first-order valence-electron chi connectivity index (χ1n) is 6.92. The summed E-state index contributed by atoms with van der Waals surface area (Å²) in [4.78, 5) is 16.3. The molecule has 0 radical (unpaired) electrons. The molecule has 22 heavy (non-hydrogen) atoms. The van der Waals surface area contributed by atoms with Crippen molar-refractivity contribution in [3.8, 4) is 11.3 Å². The fraction of sp³-hybridized carbons (Fsp3) is 0.0556. The molecule has 0 aliphatic carbocycles. The van der Waals surface area contributed by atoms with E-state index in [9.17, 15) is 9.18 Å². The van der Waals surface area contributed by atoms with E-state index in [0.717, 1.165) is 0 Å². The lowest BCUT2D eigenvalue weighted by Crippen LogP contribution is -2.37. The standard InChI is InChI=1S/C18H14FN2O/c19-16-9-5-4-8-15(16)17-10-11-21(13-20-17)12-18(22)14-6-2-1-3-7-14/h1-11,13H,12H2/q+1. The number of benzene rings is 2. The molecule has 3 aromatic rings. The largest absolute Gasteiger partial charge is 0.290 e. The van der Waals surface area contributed by atoms with Crippen molar-refractivity contribution in [1.82, 2.24) is 4.98 Å². The van der Waals surface area contributed by atoms with Crippen molar-refractivity contribution in [3.63, 3.8) is 0 Å². The number of halogens is 1. The monoisotopic (exact) mass is 293 g/mol. The van der Waals surface area contributed by atoms with E-state index >= 15 is 0 Å². The molecule has 0 saturated carbocycles. The molecule has 0 spiro atoms. The van der Waals surface area contributed by atoms with Crippen molar-refractivity contribution >= 4 is 5.78 Å². The molecular formula is C18H14FN2O+. The van der Waals surface area contributed by atoms with E-state index in [1.807, 2.05) is 18.2 Å². The van der Waals surface area contributed by atoms with Gasteiger partial charge in [0.15, 0.2) is 12.2 Å². The Labute approximate surface area is 127 Å². The molecule has 0 aliphatic rings. The minimum absolute atomic E-state index is 0.00559. The summed E-state index contributed by atoms with van der Waals surface area (Å²) in [6.07, 6.45) is 3.28. The van der Waals surface area contributed by atoms with E-state index in [1.165, 1.54) is 6.07 Å². The molecule has 4 heteroatoms. The fourth-order valence-corrected chi connectivity index (χ4v) is 2.19. The zero-order chi connectivity index (χ0) is 15.4. The smallest absolute Gasteiger partial charge is 0.287 e. The highest BCUT2D eigenvalue weighted by Gasteiger charge is 2.13. The predicted molar refractivity (Wildman–Crippen MR) is 80.6 cm³/mol. The van der Waals surface area contributed by atoms with Gasteiger partial charge in [-0.3, -0.25) is 4.79 Å². The molecule has 0 N–H and O–H groups in total. The molecule has 3 nitrogen and oxygen atoms in total. The van der Waals surface area contributed by atoms with Gasteiger partial charge < -0.3 is 0 Å². The van der Waals surface area contributed by atoms with Gasteiger partial charge in [0.25, 0.3) is 6.33 Å².